The second kappa shape index (κ2) is 7.29. The fourth-order valence-electron chi connectivity index (χ4n) is 1.91. The highest BCUT2D eigenvalue weighted by molar-refractivity contribution is 5.85. The highest BCUT2D eigenvalue weighted by atomic mass is 35.5. The van der Waals surface area contributed by atoms with Crippen molar-refractivity contribution < 1.29 is 4.79 Å². The van der Waals surface area contributed by atoms with E-state index in [-0.39, 0.29) is 24.2 Å². The maximum absolute atomic E-state index is 11.6. The van der Waals surface area contributed by atoms with Gasteiger partial charge in [0, 0.05) is 32.0 Å². The van der Waals surface area contributed by atoms with Crippen molar-refractivity contribution in [3.63, 3.8) is 0 Å². The zero-order chi connectivity index (χ0) is 11.2. The summed E-state index contributed by atoms with van der Waals surface area (Å²) in [7, 11) is 0. The van der Waals surface area contributed by atoms with Crippen LogP contribution in [-0.2, 0) is 11.3 Å². The topological polar surface area (TPSA) is 59.0 Å². The van der Waals surface area contributed by atoms with E-state index in [1.54, 1.807) is 6.20 Å². The lowest BCUT2D eigenvalue weighted by molar-refractivity contribution is -0.124. The Labute approximate surface area is 107 Å². The van der Waals surface area contributed by atoms with Gasteiger partial charge in [0.2, 0.25) is 5.91 Å². The minimum atomic E-state index is 0. The zero-order valence-corrected chi connectivity index (χ0v) is 10.6. The van der Waals surface area contributed by atoms with E-state index in [2.05, 4.69) is 15.7 Å². The van der Waals surface area contributed by atoms with Crippen LogP contribution >= 0.6 is 12.4 Å². The SMILES string of the molecule is Cl.O=C(NCCCn1cccn1)C1CCNC1. The molecule has 0 radical (unpaired) electrons. The summed E-state index contributed by atoms with van der Waals surface area (Å²) in [5.41, 5.74) is 0. The molecule has 0 bridgehead atoms. The molecule has 0 saturated carbocycles. The maximum Gasteiger partial charge on any atom is 0.224 e. The molecule has 6 heteroatoms. The molecule has 1 saturated heterocycles. The predicted molar refractivity (Wildman–Crippen MR) is 68.1 cm³/mol. The zero-order valence-electron chi connectivity index (χ0n) is 9.76. The number of carbonyl (C=O) groups excluding carboxylic acids is 1. The van der Waals surface area contributed by atoms with Crippen molar-refractivity contribution in [2.24, 2.45) is 5.92 Å². The lowest BCUT2D eigenvalue weighted by Gasteiger charge is -2.09. The molecule has 1 aromatic rings. The first kappa shape index (κ1) is 14.0. The maximum atomic E-state index is 11.6. The molecule has 2 N–H and O–H groups in total. The minimum Gasteiger partial charge on any atom is -0.356 e. The number of hydrogen-bond donors (Lipinski definition) is 2. The largest absolute Gasteiger partial charge is 0.356 e. The Morgan fingerprint density at radius 3 is 3.12 bits per heavy atom. The van der Waals surface area contributed by atoms with Crippen molar-refractivity contribution in [2.75, 3.05) is 19.6 Å². The predicted octanol–water partition coefficient (Wildman–Crippen LogP) is 0.421. The van der Waals surface area contributed by atoms with E-state index < -0.39 is 0 Å². The standard InChI is InChI=1S/C11H18N4O.ClH/c16-11(10-3-6-12-9-10)13-4-1-7-15-8-2-5-14-15;/h2,5,8,10,12H,1,3-4,6-7,9H2,(H,13,16);1H. The van der Waals surface area contributed by atoms with E-state index in [1.807, 2.05) is 16.9 Å². The highest BCUT2D eigenvalue weighted by Gasteiger charge is 2.21. The van der Waals surface area contributed by atoms with E-state index in [0.29, 0.717) is 0 Å². The molecule has 17 heavy (non-hydrogen) atoms. The summed E-state index contributed by atoms with van der Waals surface area (Å²) >= 11 is 0. The number of amides is 1. The van der Waals surface area contributed by atoms with E-state index in [9.17, 15) is 4.79 Å². The van der Waals surface area contributed by atoms with Crippen LogP contribution in [0.15, 0.2) is 18.5 Å². The molecule has 0 spiro atoms. The van der Waals surface area contributed by atoms with E-state index >= 15 is 0 Å². The normalized spacial score (nSPS) is 18.7. The molecule has 96 valence electrons. The Morgan fingerprint density at radius 1 is 1.59 bits per heavy atom. The first-order valence-electron chi connectivity index (χ1n) is 5.82. The summed E-state index contributed by atoms with van der Waals surface area (Å²) in [6.45, 7) is 3.38. The van der Waals surface area contributed by atoms with Crippen LogP contribution in [0.3, 0.4) is 0 Å². The summed E-state index contributed by atoms with van der Waals surface area (Å²) in [6.07, 6.45) is 5.59. The number of nitrogens with one attached hydrogen (secondary N) is 2. The molecule has 1 unspecified atom stereocenters. The molecule has 0 aromatic carbocycles. The third-order valence-corrected chi connectivity index (χ3v) is 2.85. The molecule has 1 aliphatic heterocycles. The Morgan fingerprint density at radius 2 is 2.47 bits per heavy atom. The van der Waals surface area contributed by atoms with E-state index in [1.165, 1.54) is 0 Å². The molecule has 2 heterocycles. The van der Waals surface area contributed by atoms with Gasteiger partial charge in [0.1, 0.15) is 0 Å². The van der Waals surface area contributed by atoms with Gasteiger partial charge in [-0.25, -0.2) is 0 Å². The Kier molecular flexibility index (Phi) is 6.00. The van der Waals surface area contributed by atoms with Gasteiger partial charge >= 0.3 is 0 Å². The molecule has 0 aliphatic carbocycles. The van der Waals surface area contributed by atoms with Gasteiger partial charge in [-0.1, -0.05) is 0 Å². The second-order valence-electron chi connectivity index (χ2n) is 4.10. The van der Waals surface area contributed by atoms with Gasteiger partial charge in [0.05, 0.1) is 5.92 Å². The Bertz CT molecular complexity index is 322. The number of rotatable bonds is 5. The highest BCUT2D eigenvalue weighted by Crippen LogP contribution is 2.06. The van der Waals surface area contributed by atoms with Crippen LogP contribution < -0.4 is 10.6 Å². The molecule has 1 aromatic heterocycles. The van der Waals surface area contributed by atoms with Gasteiger partial charge in [0.15, 0.2) is 0 Å². The van der Waals surface area contributed by atoms with Crippen LogP contribution in [0, 0.1) is 5.92 Å². The molecule has 1 aliphatic rings. The van der Waals surface area contributed by atoms with Crippen molar-refractivity contribution in [3.8, 4) is 0 Å². The van der Waals surface area contributed by atoms with E-state index in [0.717, 1.165) is 39.0 Å². The van der Waals surface area contributed by atoms with Crippen molar-refractivity contribution >= 4 is 18.3 Å². The van der Waals surface area contributed by atoms with Gasteiger partial charge in [-0.3, -0.25) is 9.48 Å². The number of aromatic nitrogens is 2. The summed E-state index contributed by atoms with van der Waals surface area (Å²) < 4.78 is 1.88. The number of aryl methyl sites for hydroxylation is 1. The third kappa shape index (κ3) is 4.36. The lowest BCUT2D eigenvalue weighted by Crippen LogP contribution is -2.32. The summed E-state index contributed by atoms with van der Waals surface area (Å²) in [6, 6.07) is 1.91. The van der Waals surface area contributed by atoms with Crippen molar-refractivity contribution in [1.29, 1.82) is 0 Å². The summed E-state index contributed by atoms with van der Waals surface area (Å²) in [5.74, 6) is 0.357. The van der Waals surface area contributed by atoms with Crippen LogP contribution in [0.25, 0.3) is 0 Å². The quantitative estimate of drug-likeness (QED) is 0.753. The number of nitrogens with zero attached hydrogens (tertiary/aromatic N) is 2. The first-order valence-corrected chi connectivity index (χ1v) is 5.82. The van der Waals surface area contributed by atoms with Crippen LogP contribution in [0.4, 0.5) is 0 Å². The fraction of sp³-hybridized carbons (Fsp3) is 0.636. The smallest absolute Gasteiger partial charge is 0.224 e. The van der Waals surface area contributed by atoms with Gasteiger partial charge in [-0.15, -0.1) is 12.4 Å². The van der Waals surface area contributed by atoms with Crippen LogP contribution in [-0.4, -0.2) is 35.3 Å². The Hall–Kier alpha value is -1.07. The van der Waals surface area contributed by atoms with Crippen LogP contribution in [0.5, 0.6) is 0 Å². The average Bonchev–Trinajstić information content (AvgIpc) is 2.96. The molecule has 2 rings (SSSR count). The van der Waals surface area contributed by atoms with Gasteiger partial charge < -0.3 is 10.6 Å². The van der Waals surface area contributed by atoms with Gasteiger partial charge in [-0.2, -0.15) is 5.10 Å². The lowest BCUT2D eigenvalue weighted by atomic mass is 10.1. The number of halogens is 1. The fourth-order valence-corrected chi connectivity index (χ4v) is 1.91. The van der Waals surface area contributed by atoms with Crippen molar-refractivity contribution in [2.45, 2.75) is 19.4 Å². The molecule has 1 atom stereocenters. The van der Waals surface area contributed by atoms with E-state index in [4.69, 9.17) is 0 Å². The van der Waals surface area contributed by atoms with Gasteiger partial charge in [-0.05, 0) is 25.5 Å². The van der Waals surface area contributed by atoms with Gasteiger partial charge in [0.25, 0.3) is 0 Å². The van der Waals surface area contributed by atoms with Crippen LogP contribution in [0.2, 0.25) is 0 Å². The molecule has 5 nitrogen and oxygen atoms in total. The Balaban J connectivity index is 0.00000144. The summed E-state index contributed by atoms with van der Waals surface area (Å²) in [4.78, 5) is 11.6. The average molecular weight is 259 g/mol. The molecule has 1 fully saturated rings. The number of carbonyl (C=O) groups is 1. The summed E-state index contributed by atoms with van der Waals surface area (Å²) in [5, 5.41) is 10.3. The second-order valence-corrected chi connectivity index (χ2v) is 4.10. The first-order chi connectivity index (χ1) is 7.86. The third-order valence-electron chi connectivity index (χ3n) is 2.85. The molecule has 1 amide bonds. The minimum absolute atomic E-state index is 0. The van der Waals surface area contributed by atoms with Crippen molar-refractivity contribution in [3.05, 3.63) is 18.5 Å². The van der Waals surface area contributed by atoms with Crippen LogP contribution in [0.1, 0.15) is 12.8 Å². The monoisotopic (exact) mass is 258 g/mol. The molecular weight excluding hydrogens is 240 g/mol. The van der Waals surface area contributed by atoms with Crippen molar-refractivity contribution in [1.82, 2.24) is 20.4 Å². The number of hydrogen-bond acceptors (Lipinski definition) is 3. The molecular formula is C11H19ClN4O.